The number of fused-ring (bicyclic) bond motifs is 10. The van der Waals surface area contributed by atoms with Gasteiger partial charge in [-0.15, -0.1) is 0 Å². The lowest BCUT2D eigenvalue weighted by Gasteiger charge is -2.25. The van der Waals surface area contributed by atoms with Crippen molar-refractivity contribution in [2.75, 3.05) is 4.90 Å². The van der Waals surface area contributed by atoms with Gasteiger partial charge < -0.3 is 13.7 Å². The van der Waals surface area contributed by atoms with Crippen LogP contribution in [0.15, 0.2) is 197 Å². The van der Waals surface area contributed by atoms with Gasteiger partial charge in [-0.25, -0.2) is 0 Å². The van der Waals surface area contributed by atoms with Gasteiger partial charge in [-0.3, -0.25) is 0 Å². The van der Waals surface area contributed by atoms with Gasteiger partial charge in [-0.2, -0.15) is 0 Å². The third-order valence-corrected chi connectivity index (χ3v) is 10.6. The molecule has 0 aliphatic carbocycles. The van der Waals surface area contributed by atoms with E-state index in [1.165, 1.54) is 21.9 Å². The van der Waals surface area contributed by atoms with E-state index in [2.05, 4.69) is 193 Å². The van der Waals surface area contributed by atoms with Gasteiger partial charge in [0.2, 0.25) is 0 Å². The number of anilines is 3. The molecule has 3 heteroatoms. The van der Waals surface area contributed by atoms with Crippen LogP contribution in [-0.4, -0.2) is 0 Å². The van der Waals surface area contributed by atoms with E-state index in [0.29, 0.717) is 0 Å². The summed E-state index contributed by atoms with van der Waals surface area (Å²) in [6, 6.07) is 66.5. The molecule has 0 saturated heterocycles. The predicted molar refractivity (Wildman–Crippen MR) is 222 cm³/mol. The first-order valence-electron chi connectivity index (χ1n) is 18.0. The molecular formula is C50H31NO2. The standard InChI is InChI=1S/C50H31NO2/c1-3-13-32(14-4-1)44-31-45-42-22-11-21-38(47(42)52-49(45)40-20-10-9-19-39(40)44)34-25-28-36(29-26-34)51(35-16-5-2-6-17-35)46-24-12-23-41-43-30-27-33-15-7-8-18-37(33)48(43)53-50(41)46/h1-31H. The average Bonchev–Trinajstić information content (AvgIpc) is 3.81. The van der Waals surface area contributed by atoms with Crippen molar-refractivity contribution in [3.05, 3.63) is 188 Å². The summed E-state index contributed by atoms with van der Waals surface area (Å²) in [5, 5.41) is 9.04. The second-order valence-corrected chi connectivity index (χ2v) is 13.6. The summed E-state index contributed by atoms with van der Waals surface area (Å²) in [5.74, 6) is 0. The topological polar surface area (TPSA) is 29.5 Å². The molecule has 0 aliphatic heterocycles. The molecule has 3 nitrogen and oxygen atoms in total. The van der Waals surface area contributed by atoms with E-state index in [0.717, 1.165) is 82.8 Å². The van der Waals surface area contributed by atoms with Gasteiger partial charge in [-0.1, -0.05) is 146 Å². The quantitative estimate of drug-likeness (QED) is 0.182. The summed E-state index contributed by atoms with van der Waals surface area (Å²) in [6.07, 6.45) is 0. The van der Waals surface area contributed by atoms with Crippen LogP contribution in [0.25, 0.3) is 87.7 Å². The fourth-order valence-electron chi connectivity index (χ4n) is 8.19. The van der Waals surface area contributed by atoms with E-state index in [-0.39, 0.29) is 0 Å². The Hall–Kier alpha value is -7.10. The number of hydrogen-bond donors (Lipinski definition) is 0. The van der Waals surface area contributed by atoms with Crippen LogP contribution in [0.2, 0.25) is 0 Å². The minimum Gasteiger partial charge on any atom is -0.455 e. The monoisotopic (exact) mass is 677 g/mol. The van der Waals surface area contributed by atoms with Crippen LogP contribution in [0.3, 0.4) is 0 Å². The molecule has 0 amide bonds. The largest absolute Gasteiger partial charge is 0.455 e. The number of nitrogens with zero attached hydrogens (tertiary/aromatic N) is 1. The molecule has 0 bridgehead atoms. The highest BCUT2D eigenvalue weighted by atomic mass is 16.3. The molecule has 2 aromatic heterocycles. The highest BCUT2D eigenvalue weighted by molar-refractivity contribution is 6.21. The first-order chi connectivity index (χ1) is 26.3. The zero-order chi connectivity index (χ0) is 34.9. The van der Waals surface area contributed by atoms with Gasteiger partial charge >= 0.3 is 0 Å². The number of para-hydroxylation sites is 3. The van der Waals surface area contributed by atoms with Crippen LogP contribution < -0.4 is 4.90 Å². The van der Waals surface area contributed by atoms with Gasteiger partial charge in [0.1, 0.15) is 16.7 Å². The zero-order valence-electron chi connectivity index (χ0n) is 28.7. The molecule has 11 rings (SSSR count). The Morgan fingerprint density at radius 3 is 1.66 bits per heavy atom. The minimum atomic E-state index is 0.862. The van der Waals surface area contributed by atoms with E-state index in [4.69, 9.17) is 8.83 Å². The normalized spacial score (nSPS) is 11.8. The van der Waals surface area contributed by atoms with Crippen molar-refractivity contribution in [2.24, 2.45) is 0 Å². The molecule has 0 spiro atoms. The number of hydrogen-bond acceptors (Lipinski definition) is 3. The van der Waals surface area contributed by atoms with Crippen LogP contribution in [0.5, 0.6) is 0 Å². The van der Waals surface area contributed by atoms with Crippen LogP contribution >= 0.6 is 0 Å². The van der Waals surface area contributed by atoms with Gasteiger partial charge in [0, 0.05) is 49.3 Å². The predicted octanol–water partition coefficient (Wildman–Crippen LogP) is 14.6. The number of benzene rings is 9. The smallest absolute Gasteiger partial charge is 0.159 e. The molecule has 53 heavy (non-hydrogen) atoms. The summed E-state index contributed by atoms with van der Waals surface area (Å²) < 4.78 is 13.6. The number of rotatable bonds is 5. The van der Waals surface area contributed by atoms with Crippen molar-refractivity contribution in [1.29, 1.82) is 0 Å². The van der Waals surface area contributed by atoms with E-state index in [1.807, 2.05) is 0 Å². The lowest BCUT2D eigenvalue weighted by molar-refractivity contribution is 0.673. The molecule has 248 valence electrons. The van der Waals surface area contributed by atoms with E-state index in [9.17, 15) is 0 Å². The maximum absolute atomic E-state index is 6.84. The summed E-state index contributed by atoms with van der Waals surface area (Å²) in [5.41, 5.74) is 11.2. The highest BCUT2D eigenvalue weighted by Gasteiger charge is 2.21. The SMILES string of the molecule is c1ccc(-c2cc3c4cccc(-c5ccc(N(c6ccccc6)c6cccc7c6oc6c8ccccc8ccc76)cc5)c4oc3c3ccccc23)cc1. The first kappa shape index (κ1) is 29.6. The molecule has 0 atom stereocenters. The molecule has 0 aliphatic rings. The summed E-state index contributed by atoms with van der Waals surface area (Å²) in [7, 11) is 0. The van der Waals surface area contributed by atoms with E-state index in [1.54, 1.807) is 0 Å². The molecule has 9 aromatic carbocycles. The molecule has 0 N–H and O–H groups in total. The minimum absolute atomic E-state index is 0.862. The van der Waals surface area contributed by atoms with Crippen molar-refractivity contribution in [1.82, 2.24) is 0 Å². The van der Waals surface area contributed by atoms with Crippen LogP contribution in [0.1, 0.15) is 0 Å². The third kappa shape index (κ3) is 4.61. The Balaban J connectivity index is 1.07. The summed E-state index contributed by atoms with van der Waals surface area (Å²) >= 11 is 0. The van der Waals surface area contributed by atoms with E-state index < -0.39 is 0 Å². The van der Waals surface area contributed by atoms with Crippen molar-refractivity contribution in [3.8, 4) is 22.3 Å². The lowest BCUT2D eigenvalue weighted by Crippen LogP contribution is -2.10. The Morgan fingerprint density at radius 1 is 0.302 bits per heavy atom. The fraction of sp³-hybridized carbons (Fsp3) is 0. The van der Waals surface area contributed by atoms with Gasteiger partial charge in [-0.05, 0) is 69.9 Å². The Kier molecular flexibility index (Phi) is 6.55. The fourth-order valence-corrected chi connectivity index (χ4v) is 8.19. The van der Waals surface area contributed by atoms with Crippen molar-refractivity contribution < 1.29 is 8.83 Å². The van der Waals surface area contributed by atoms with E-state index >= 15 is 0 Å². The molecular weight excluding hydrogens is 647 g/mol. The van der Waals surface area contributed by atoms with Crippen LogP contribution in [-0.2, 0) is 0 Å². The van der Waals surface area contributed by atoms with Crippen LogP contribution in [0, 0.1) is 0 Å². The van der Waals surface area contributed by atoms with Crippen molar-refractivity contribution >= 4 is 82.5 Å². The maximum atomic E-state index is 6.84. The van der Waals surface area contributed by atoms with Crippen LogP contribution in [0.4, 0.5) is 17.1 Å². The zero-order valence-corrected chi connectivity index (χ0v) is 28.7. The highest BCUT2D eigenvalue weighted by Crippen LogP contribution is 2.45. The molecule has 0 unspecified atom stereocenters. The Bertz CT molecular complexity index is 3160. The molecule has 0 fully saturated rings. The summed E-state index contributed by atoms with van der Waals surface area (Å²) in [4.78, 5) is 2.29. The third-order valence-electron chi connectivity index (χ3n) is 10.6. The molecule has 2 heterocycles. The Morgan fingerprint density at radius 2 is 0.849 bits per heavy atom. The first-order valence-corrected chi connectivity index (χ1v) is 18.0. The van der Waals surface area contributed by atoms with Gasteiger partial charge in [0.25, 0.3) is 0 Å². The lowest BCUT2D eigenvalue weighted by atomic mass is 9.95. The van der Waals surface area contributed by atoms with Gasteiger partial charge in [0.05, 0.1) is 5.69 Å². The van der Waals surface area contributed by atoms with Crippen molar-refractivity contribution in [2.45, 2.75) is 0 Å². The average molecular weight is 678 g/mol. The maximum Gasteiger partial charge on any atom is 0.159 e. The molecule has 11 aromatic rings. The molecule has 0 radical (unpaired) electrons. The van der Waals surface area contributed by atoms with Crippen molar-refractivity contribution in [3.63, 3.8) is 0 Å². The van der Waals surface area contributed by atoms with Gasteiger partial charge in [0.15, 0.2) is 5.58 Å². The summed E-state index contributed by atoms with van der Waals surface area (Å²) in [6.45, 7) is 0. The second kappa shape index (κ2) is 11.7. The number of furan rings is 2. The second-order valence-electron chi connectivity index (χ2n) is 13.6. The molecule has 0 saturated carbocycles. The Labute approximate surface area is 305 Å².